The van der Waals surface area contributed by atoms with Crippen molar-refractivity contribution in [1.29, 1.82) is 0 Å². The van der Waals surface area contributed by atoms with Crippen LogP contribution in [0.3, 0.4) is 0 Å². The Balaban J connectivity index is 1.34. The fraction of sp³-hybridized carbons (Fsp3) is 0.444. The zero-order valence-electron chi connectivity index (χ0n) is 17.7. The third kappa shape index (κ3) is 2.90. The van der Waals surface area contributed by atoms with Crippen LogP contribution in [-0.4, -0.2) is 27.9 Å². The zero-order chi connectivity index (χ0) is 20.3. The molecule has 3 nitrogen and oxygen atoms in total. The van der Waals surface area contributed by atoms with Gasteiger partial charge in [-0.3, -0.25) is 4.79 Å². The standard InChI is InChI=1S/C27H30N2O/c1-27-14-18-11-20(15-27)29(21(12-18)16-27)26(30)13-23(19-7-3-2-4-8-19)24-17-28-25-10-6-5-9-22(24)25/h2-10,17-18,20-21,23,28H,11-16H2,1H3. The second-order valence-corrected chi connectivity index (χ2v) is 10.3. The Kier molecular flexibility index (Phi) is 4.09. The molecule has 2 aromatic carbocycles. The average molecular weight is 399 g/mol. The number of aromatic amines is 1. The second kappa shape index (κ2) is 6.73. The summed E-state index contributed by atoms with van der Waals surface area (Å²) in [5, 5.41) is 1.23. The van der Waals surface area contributed by atoms with Crippen LogP contribution in [0.5, 0.6) is 0 Å². The molecular formula is C27H30N2O. The van der Waals surface area contributed by atoms with E-state index in [1.54, 1.807) is 0 Å². The van der Waals surface area contributed by atoms with Gasteiger partial charge in [0.25, 0.3) is 0 Å². The van der Waals surface area contributed by atoms with Crippen molar-refractivity contribution in [2.24, 2.45) is 11.3 Å². The van der Waals surface area contributed by atoms with Gasteiger partial charge in [0.1, 0.15) is 0 Å². The number of benzene rings is 2. The molecule has 4 aliphatic rings. The van der Waals surface area contributed by atoms with Gasteiger partial charge in [-0.1, -0.05) is 55.5 Å². The summed E-state index contributed by atoms with van der Waals surface area (Å²) in [4.78, 5) is 19.5. The summed E-state index contributed by atoms with van der Waals surface area (Å²) in [7, 11) is 0. The molecule has 4 fully saturated rings. The molecule has 1 aromatic heterocycles. The molecule has 0 spiro atoms. The van der Waals surface area contributed by atoms with Crippen molar-refractivity contribution in [3.63, 3.8) is 0 Å². The monoisotopic (exact) mass is 398 g/mol. The third-order valence-electron chi connectivity index (χ3n) is 8.10. The van der Waals surface area contributed by atoms with Gasteiger partial charge >= 0.3 is 0 Å². The first kappa shape index (κ1) is 18.2. The van der Waals surface area contributed by atoms with E-state index in [1.807, 2.05) is 0 Å². The van der Waals surface area contributed by atoms with Crippen molar-refractivity contribution in [1.82, 2.24) is 9.88 Å². The van der Waals surface area contributed by atoms with Gasteiger partial charge in [0.15, 0.2) is 0 Å². The summed E-state index contributed by atoms with van der Waals surface area (Å²) in [6, 6.07) is 20.0. The lowest BCUT2D eigenvalue weighted by molar-refractivity contribution is -0.156. The molecule has 4 bridgehead atoms. The van der Waals surface area contributed by atoms with Gasteiger partial charge in [-0.15, -0.1) is 0 Å². The molecule has 3 atom stereocenters. The van der Waals surface area contributed by atoms with Crippen molar-refractivity contribution >= 4 is 16.8 Å². The Bertz CT molecular complexity index is 1070. The predicted octanol–water partition coefficient (Wildman–Crippen LogP) is 5.87. The van der Waals surface area contributed by atoms with Crippen molar-refractivity contribution < 1.29 is 4.79 Å². The van der Waals surface area contributed by atoms with Gasteiger partial charge < -0.3 is 9.88 Å². The van der Waals surface area contributed by atoms with Crippen LogP contribution in [0.1, 0.15) is 62.5 Å². The quantitative estimate of drug-likeness (QED) is 0.586. The van der Waals surface area contributed by atoms with E-state index in [0.29, 0.717) is 29.8 Å². The van der Waals surface area contributed by atoms with Crippen LogP contribution in [0.2, 0.25) is 0 Å². The molecule has 154 valence electrons. The van der Waals surface area contributed by atoms with E-state index in [4.69, 9.17) is 0 Å². The van der Waals surface area contributed by atoms with Crippen LogP contribution >= 0.6 is 0 Å². The number of nitrogens with zero attached hydrogens (tertiary/aromatic N) is 1. The van der Waals surface area contributed by atoms with E-state index < -0.39 is 0 Å². The first-order chi connectivity index (χ1) is 14.6. The summed E-state index contributed by atoms with van der Waals surface area (Å²) < 4.78 is 0. The number of hydrogen-bond donors (Lipinski definition) is 1. The summed E-state index contributed by atoms with van der Waals surface area (Å²) >= 11 is 0. The Morgan fingerprint density at radius 2 is 1.73 bits per heavy atom. The number of carbonyl (C=O) groups excluding carboxylic acids is 1. The van der Waals surface area contributed by atoms with Crippen LogP contribution in [-0.2, 0) is 4.79 Å². The Morgan fingerprint density at radius 3 is 2.47 bits per heavy atom. The Morgan fingerprint density at radius 1 is 1.03 bits per heavy atom. The SMILES string of the molecule is CC12CC3CC(C1)N(C(=O)CC(c1ccccc1)c1c[nH]c4ccccc14)C(C3)C2. The highest BCUT2D eigenvalue weighted by molar-refractivity contribution is 5.86. The molecule has 1 amide bonds. The number of H-pyrrole nitrogens is 1. The maximum absolute atomic E-state index is 13.8. The number of rotatable bonds is 4. The van der Waals surface area contributed by atoms with E-state index in [2.05, 4.69) is 77.6 Å². The number of carbonyl (C=O) groups is 1. The zero-order valence-corrected chi connectivity index (χ0v) is 17.7. The molecule has 1 N–H and O–H groups in total. The lowest BCUT2D eigenvalue weighted by Gasteiger charge is -2.61. The third-order valence-corrected chi connectivity index (χ3v) is 8.10. The smallest absolute Gasteiger partial charge is 0.224 e. The van der Waals surface area contributed by atoms with E-state index in [0.717, 1.165) is 11.4 Å². The van der Waals surface area contributed by atoms with E-state index >= 15 is 0 Å². The fourth-order valence-electron chi connectivity index (χ4n) is 7.17. The molecule has 3 heteroatoms. The fourth-order valence-corrected chi connectivity index (χ4v) is 7.17. The van der Waals surface area contributed by atoms with Crippen molar-refractivity contribution in [2.75, 3.05) is 0 Å². The lowest BCUT2D eigenvalue weighted by atomic mass is 9.56. The first-order valence-corrected chi connectivity index (χ1v) is 11.5. The minimum absolute atomic E-state index is 0.0858. The van der Waals surface area contributed by atoms with Gasteiger partial charge in [0.2, 0.25) is 5.91 Å². The number of fused-ring (bicyclic) bond motifs is 1. The highest BCUT2D eigenvalue weighted by atomic mass is 16.2. The van der Waals surface area contributed by atoms with Gasteiger partial charge in [-0.2, -0.15) is 0 Å². The number of aromatic nitrogens is 1. The molecule has 3 aromatic rings. The minimum atomic E-state index is 0.0858. The topological polar surface area (TPSA) is 36.1 Å². The van der Waals surface area contributed by atoms with Crippen LogP contribution in [0, 0.1) is 11.3 Å². The van der Waals surface area contributed by atoms with Crippen LogP contribution in [0.15, 0.2) is 60.8 Å². The van der Waals surface area contributed by atoms with Crippen molar-refractivity contribution in [3.8, 4) is 0 Å². The van der Waals surface area contributed by atoms with Crippen LogP contribution in [0.25, 0.3) is 10.9 Å². The van der Waals surface area contributed by atoms with Gasteiger partial charge in [-0.05, 0) is 60.6 Å². The summed E-state index contributed by atoms with van der Waals surface area (Å²) in [6.07, 6.45) is 8.90. The first-order valence-electron chi connectivity index (χ1n) is 11.5. The number of hydrogen-bond acceptors (Lipinski definition) is 1. The van der Waals surface area contributed by atoms with Gasteiger partial charge in [0, 0.05) is 41.5 Å². The summed E-state index contributed by atoms with van der Waals surface area (Å²) in [5.74, 6) is 1.28. The molecule has 3 unspecified atom stereocenters. The number of nitrogens with one attached hydrogen (secondary N) is 1. The number of piperidine rings is 2. The Labute approximate surface area is 178 Å². The molecule has 2 aliphatic heterocycles. The van der Waals surface area contributed by atoms with Crippen molar-refractivity contribution in [2.45, 2.75) is 63.5 Å². The Hall–Kier alpha value is -2.55. The second-order valence-electron chi connectivity index (χ2n) is 10.3. The molecular weight excluding hydrogens is 368 g/mol. The van der Waals surface area contributed by atoms with E-state index in [-0.39, 0.29) is 5.92 Å². The van der Waals surface area contributed by atoms with Crippen LogP contribution in [0.4, 0.5) is 0 Å². The van der Waals surface area contributed by atoms with Crippen LogP contribution < -0.4 is 0 Å². The van der Waals surface area contributed by atoms with E-state index in [1.165, 1.54) is 48.6 Å². The maximum Gasteiger partial charge on any atom is 0.224 e. The molecule has 2 saturated carbocycles. The summed E-state index contributed by atoms with van der Waals surface area (Å²) in [5.41, 5.74) is 4.08. The van der Waals surface area contributed by atoms with Crippen molar-refractivity contribution in [3.05, 3.63) is 71.9 Å². The largest absolute Gasteiger partial charge is 0.361 e. The highest BCUT2D eigenvalue weighted by Crippen LogP contribution is 2.56. The predicted molar refractivity (Wildman–Crippen MR) is 120 cm³/mol. The normalized spacial score (nSPS) is 30.7. The number of para-hydroxylation sites is 1. The molecule has 3 heterocycles. The molecule has 2 saturated heterocycles. The average Bonchev–Trinajstić information content (AvgIpc) is 3.15. The van der Waals surface area contributed by atoms with Gasteiger partial charge in [-0.25, -0.2) is 0 Å². The summed E-state index contributed by atoms with van der Waals surface area (Å²) in [6.45, 7) is 2.46. The molecule has 0 radical (unpaired) electrons. The molecule has 30 heavy (non-hydrogen) atoms. The lowest BCUT2D eigenvalue weighted by Crippen LogP contribution is -2.62. The highest BCUT2D eigenvalue weighted by Gasteiger charge is 2.53. The minimum Gasteiger partial charge on any atom is -0.361 e. The molecule has 2 aliphatic carbocycles. The van der Waals surface area contributed by atoms with Gasteiger partial charge in [0.05, 0.1) is 0 Å². The number of amides is 1. The van der Waals surface area contributed by atoms with E-state index in [9.17, 15) is 4.79 Å². The molecule has 7 rings (SSSR count). The maximum atomic E-state index is 13.8.